The van der Waals surface area contributed by atoms with Crippen LogP contribution in [0.4, 0.5) is 18.9 Å². The third kappa shape index (κ3) is 6.49. The zero-order chi connectivity index (χ0) is 25.7. The van der Waals surface area contributed by atoms with Gasteiger partial charge in [-0.1, -0.05) is 28.1 Å². The van der Waals surface area contributed by atoms with Crippen LogP contribution in [0.3, 0.4) is 0 Å². The summed E-state index contributed by atoms with van der Waals surface area (Å²) in [6.07, 6.45) is -0.216. The highest BCUT2D eigenvalue weighted by atomic mass is 79.9. The van der Waals surface area contributed by atoms with Gasteiger partial charge >= 0.3 is 6.18 Å². The summed E-state index contributed by atoms with van der Waals surface area (Å²) in [6, 6.07) is 13.7. The molecule has 0 saturated heterocycles. The summed E-state index contributed by atoms with van der Waals surface area (Å²) in [5.41, 5.74) is 0.379. The quantitative estimate of drug-likeness (QED) is 0.353. The number of aliphatic hydroxyl groups is 1. The normalized spacial score (nSPS) is 15.5. The summed E-state index contributed by atoms with van der Waals surface area (Å²) < 4.78 is 45.0. The number of pyridine rings is 1. The van der Waals surface area contributed by atoms with Crippen molar-refractivity contribution in [3.8, 4) is 11.5 Å². The Hall–Kier alpha value is -3.70. The molecule has 1 aliphatic rings. The first-order valence-corrected chi connectivity index (χ1v) is 11.5. The molecule has 0 saturated carbocycles. The van der Waals surface area contributed by atoms with Gasteiger partial charge in [-0.05, 0) is 48.0 Å². The van der Waals surface area contributed by atoms with Gasteiger partial charge in [0.2, 0.25) is 5.91 Å². The van der Waals surface area contributed by atoms with Crippen LogP contribution in [0.1, 0.15) is 16.8 Å². The Labute approximate surface area is 212 Å². The number of ether oxygens (including phenoxy) is 1. The van der Waals surface area contributed by atoms with Gasteiger partial charge in [-0.15, -0.1) is 0 Å². The van der Waals surface area contributed by atoms with E-state index >= 15 is 0 Å². The number of carbonyl (C=O) groups excluding carboxylic acids is 1. The largest absolute Gasteiger partial charge is 0.457 e. The molecule has 1 aliphatic heterocycles. The summed E-state index contributed by atoms with van der Waals surface area (Å²) in [5.74, 6) is 1.02. The fourth-order valence-electron chi connectivity index (χ4n) is 3.34. The van der Waals surface area contributed by atoms with E-state index in [0.29, 0.717) is 35.1 Å². The van der Waals surface area contributed by atoms with Gasteiger partial charge in [0.05, 0.1) is 24.8 Å². The first-order chi connectivity index (χ1) is 17.2. The molecule has 0 spiro atoms. The van der Waals surface area contributed by atoms with Crippen molar-refractivity contribution in [1.29, 1.82) is 0 Å². The second kappa shape index (κ2) is 10.9. The molecule has 0 aliphatic carbocycles. The Kier molecular flexibility index (Phi) is 7.70. The van der Waals surface area contributed by atoms with Crippen LogP contribution in [-0.4, -0.2) is 41.0 Å². The number of nitrogens with zero attached hydrogens (tertiary/aromatic N) is 2. The molecular weight excluding hydrogens is 541 g/mol. The van der Waals surface area contributed by atoms with E-state index in [1.807, 2.05) is 0 Å². The fraction of sp³-hybridized carbons (Fsp3) is 0.160. The van der Waals surface area contributed by atoms with E-state index in [4.69, 9.17) is 4.74 Å². The van der Waals surface area contributed by atoms with Crippen molar-refractivity contribution in [2.24, 2.45) is 4.99 Å². The van der Waals surface area contributed by atoms with Gasteiger partial charge in [-0.2, -0.15) is 13.2 Å². The molecule has 0 fully saturated rings. The minimum Gasteiger partial charge on any atom is -0.457 e. The number of hydrogen-bond donors (Lipinski definition) is 3. The lowest BCUT2D eigenvalue weighted by molar-refractivity contribution is -0.138. The minimum absolute atomic E-state index is 0.0254. The molecule has 0 bridgehead atoms. The molecular formula is C25H20BrF3N4O3. The zero-order valence-corrected chi connectivity index (χ0v) is 20.2. The van der Waals surface area contributed by atoms with Crippen LogP contribution in [0, 0.1) is 0 Å². The third-order valence-electron chi connectivity index (χ3n) is 5.07. The number of alkyl halides is 3. The van der Waals surface area contributed by atoms with Gasteiger partial charge in [0.15, 0.2) is 0 Å². The van der Waals surface area contributed by atoms with E-state index in [9.17, 15) is 23.1 Å². The molecule has 2 heterocycles. The van der Waals surface area contributed by atoms with Crippen LogP contribution < -0.4 is 15.4 Å². The molecule has 1 aromatic heterocycles. The highest BCUT2D eigenvalue weighted by Crippen LogP contribution is 2.36. The van der Waals surface area contributed by atoms with Crippen molar-refractivity contribution >= 4 is 39.4 Å². The van der Waals surface area contributed by atoms with Crippen LogP contribution >= 0.6 is 15.9 Å². The molecule has 36 heavy (non-hydrogen) atoms. The summed E-state index contributed by atoms with van der Waals surface area (Å²) in [6.45, 7) is 0.436. The van der Waals surface area contributed by atoms with Crippen molar-refractivity contribution in [2.75, 3.05) is 18.5 Å². The Balaban J connectivity index is 1.41. The molecule has 2 aromatic carbocycles. The second-order valence-electron chi connectivity index (χ2n) is 7.78. The van der Waals surface area contributed by atoms with E-state index in [2.05, 4.69) is 36.5 Å². The lowest BCUT2D eigenvalue weighted by Gasteiger charge is -2.11. The zero-order valence-electron chi connectivity index (χ0n) is 18.6. The van der Waals surface area contributed by atoms with E-state index in [-0.39, 0.29) is 22.8 Å². The van der Waals surface area contributed by atoms with Crippen molar-refractivity contribution < 1.29 is 27.8 Å². The van der Waals surface area contributed by atoms with E-state index < -0.39 is 17.6 Å². The number of anilines is 1. The molecule has 3 aromatic rings. The monoisotopic (exact) mass is 560 g/mol. The molecule has 186 valence electrons. The van der Waals surface area contributed by atoms with Crippen molar-refractivity contribution in [3.63, 3.8) is 0 Å². The second-order valence-corrected chi connectivity index (χ2v) is 8.63. The van der Waals surface area contributed by atoms with E-state index in [1.54, 1.807) is 42.6 Å². The van der Waals surface area contributed by atoms with Crippen molar-refractivity contribution in [3.05, 3.63) is 88.2 Å². The molecule has 1 atom stereocenters. The number of benzene rings is 2. The van der Waals surface area contributed by atoms with Crippen LogP contribution in [0.2, 0.25) is 0 Å². The number of halogens is 4. The number of rotatable bonds is 7. The summed E-state index contributed by atoms with van der Waals surface area (Å²) in [4.78, 5) is 20.9. The average molecular weight is 561 g/mol. The highest BCUT2D eigenvalue weighted by Gasteiger charge is 2.33. The molecule has 1 unspecified atom stereocenters. The number of amidine groups is 1. The van der Waals surface area contributed by atoms with Crippen LogP contribution in [-0.2, 0) is 11.0 Å². The predicted octanol–water partition coefficient (Wildman–Crippen LogP) is 5.02. The maximum Gasteiger partial charge on any atom is 0.417 e. The third-order valence-corrected chi connectivity index (χ3v) is 5.76. The van der Waals surface area contributed by atoms with Crippen LogP contribution in [0.25, 0.3) is 6.08 Å². The summed E-state index contributed by atoms with van der Waals surface area (Å²) >= 11 is 2.87. The molecule has 4 rings (SSSR count). The van der Waals surface area contributed by atoms with E-state index in [0.717, 1.165) is 6.07 Å². The fourth-order valence-corrected chi connectivity index (χ4v) is 3.81. The molecule has 7 nitrogen and oxygen atoms in total. The minimum atomic E-state index is -4.55. The van der Waals surface area contributed by atoms with Gasteiger partial charge in [-0.25, -0.2) is 0 Å². The maximum atomic E-state index is 13.1. The Bertz CT molecular complexity index is 1330. The smallest absolute Gasteiger partial charge is 0.417 e. The highest BCUT2D eigenvalue weighted by molar-refractivity contribution is 9.10. The summed E-state index contributed by atoms with van der Waals surface area (Å²) in [7, 11) is 0. The number of aromatic nitrogens is 1. The van der Waals surface area contributed by atoms with Gasteiger partial charge in [0.1, 0.15) is 23.0 Å². The molecule has 3 N–H and O–H groups in total. The standard InChI is InChI=1S/C25H20BrF3N4O3/c26-21-6-5-16(11-20(21)25(27,28)29)32-23(35)7-4-15-2-1-3-18(10-15)36-19-8-9-30-22(12-19)24-31-13-17(14-34)33-24/h1-12,17,34H,13-14H2,(H,31,33)(H,32,35). The number of aliphatic hydroxyl groups excluding tert-OH is 1. The van der Waals surface area contributed by atoms with Crippen LogP contribution in [0.5, 0.6) is 11.5 Å². The van der Waals surface area contributed by atoms with Gasteiger partial charge in [-0.3, -0.25) is 14.8 Å². The van der Waals surface area contributed by atoms with E-state index in [1.165, 1.54) is 24.3 Å². The first kappa shape index (κ1) is 25.4. The topological polar surface area (TPSA) is 95.8 Å². The summed E-state index contributed by atoms with van der Waals surface area (Å²) in [5, 5.41) is 14.8. The Morgan fingerprint density at radius 2 is 2.00 bits per heavy atom. The average Bonchev–Trinajstić information content (AvgIpc) is 3.33. The number of nitrogens with one attached hydrogen (secondary N) is 2. The van der Waals surface area contributed by atoms with Crippen molar-refractivity contribution in [1.82, 2.24) is 10.3 Å². The van der Waals surface area contributed by atoms with Crippen molar-refractivity contribution in [2.45, 2.75) is 12.2 Å². The number of carbonyl (C=O) groups is 1. The van der Waals surface area contributed by atoms with Crippen LogP contribution in [0.15, 0.2) is 76.3 Å². The first-order valence-electron chi connectivity index (χ1n) is 10.7. The Morgan fingerprint density at radius 1 is 1.19 bits per heavy atom. The number of aliphatic imine (C=N–C) groups is 1. The molecule has 1 amide bonds. The van der Waals surface area contributed by atoms with Gasteiger partial charge in [0.25, 0.3) is 0 Å². The molecule has 0 radical (unpaired) electrons. The maximum absolute atomic E-state index is 13.1. The van der Waals surface area contributed by atoms with Gasteiger partial charge < -0.3 is 20.5 Å². The lowest BCUT2D eigenvalue weighted by atomic mass is 10.2. The molecule has 11 heteroatoms. The van der Waals surface area contributed by atoms with Gasteiger partial charge in [0, 0.05) is 28.5 Å². The predicted molar refractivity (Wildman–Crippen MR) is 133 cm³/mol. The number of hydrogen-bond acceptors (Lipinski definition) is 6. The lowest BCUT2D eigenvalue weighted by Crippen LogP contribution is -2.33. The SMILES string of the molecule is O=C(C=Cc1cccc(Oc2ccnc(C3=NCC(CO)N3)c2)c1)Nc1ccc(Br)c(C(F)(F)F)c1. The number of amides is 1. The Morgan fingerprint density at radius 3 is 2.75 bits per heavy atom.